The molecule has 1 aromatic carbocycles. The van der Waals surface area contributed by atoms with Crippen molar-refractivity contribution in [2.75, 3.05) is 32.7 Å². The molecule has 1 aliphatic heterocycles. The van der Waals surface area contributed by atoms with E-state index in [1.165, 1.54) is 0 Å². The third-order valence-electron chi connectivity index (χ3n) is 3.62. The molecule has 20 heavy (non-hydrogen) atoms. The van der Waals surface area contributed by atoms with Crippen molar-refractivity contribution in [1.29, 1.82) is 5.26 Å². The topological polar surface area (TPSA) is 50.5 Å². The summed E-state index contributed by atoms with van der Waals surface area (Å²) < 4.78 is 0. The van der Waals surface area contributed by atoms with E-state index in [9.17, 15) is 10.4 Å². The van der Waals surface area contributed by atoms with Gasteiger partial charge in [-0.1, -0.05) is 30.3 Å². The standard InChI is InChI=1S/C16H23N3O/c1-16(2,20)13-18-8-10-19(11-9-18)15(12-17)14-6-4-3-5-7-14/h3-7,15,20H,8-11,13H2,1-2H3. The first-order valence-electron chi connectivity index (χ1n) is 7.13. The first-order chi connectivity index (χ1) is 9.49. The average molecular weight is 273 g/mol. The molecule has 1 fully saturated rings. The summed E-state index contributed by atoms with van der Waals surface area (Å²) in [5, 5.41) is 19.3. The maximum absolute atomic E-state index is 9.86. The summed E-state index contributed by atoms with van der Waals surface area (Å²) in [6.07, 6.45) is 0. The fraction of sp³-hybridized carbons (Fsp3) is 0.562. The van der Waals surface area contributed by atoms with E-state index in [1.54, 1.807) is 0 Å². The Bertz CT molecular complexity index is 453. The van der Waals surface area contributed by atoms with Crippen molar-refractivity contribution in [3.05, 3.63) is 35.9 Å². The van der Waals surface area contributed by atoms with E-state index in [0.29, 0.717) is 6.54 Å². The third kappa shape index (κ3) is 4.04. The van der Waals surface area contributed by atoms with Crippen molar-refractivity contribution in [2.45, 2.75) is 25.5 Å². The number of rotatable bonds is 4. The lowest BCUT2D eigenvalue weighted by atomic mass is 10.0. The van der Waals surface area contributed by atoms with E-state index in [-0.39, 0.29) is 6.04 Å². The number of piperazine rings is 1. The lowest BCUT2D eigenvalue weighted by Gasteiger charge is -2.39. The second kappa shape index (κ2) is 6.36. The van der Waals surface area contributed by atoms with Crippen LogP contribution in [0, 0.1) is 11.3 Å². The van der Waals surface area contributed by atoms with Crippen LogP contribution in [0.4, 0.5) is 0 Å². The number of aliphatic hydroxyl groups is 1. The Morgan fingerprint density at radius 2 is 1.80 bits per heavy atom. The van der Waals surface area contributed by atoms with Crippen molar-refractivity contribution in [3.8, 4) is 6.07 Å². The predicted molar refractivity (Wildman–Crippen MR) is 79.1 cm³/mol. The Kier molecular flexibility index (Phi) is 4.77. The smallest absolute Gasteiger partial charge is 0.123 e. The molecule has 1 aromatic rings. The molecule has 0 spiro atoms. The van der Waals surface area contributed by atoms with Gasteiger partial charge in [0, 0.05) is 32.7 Å². The largest absolute Gasteiger partial charge is 0.389 e. The molecule has 1 unspecified atom stereocenters. The molecule has 0 saturated carbocycles. The number of benzene rings is 1. The lowest BCUT2D eigenvalue weighted by Crippen LogP contribution is -2.51. The zero-order valence-electron chi connectivity index (χ0n) is 12.3. The molecule has 4 heteroatoms. The highest BCUT2D eigenvalue weighted by molar-refractivity contribution is 5.24. The number of hydrogen-bond donors (Lipinski definition) is 1. The van der Waals surface area contributed by atoms with Gasteiger partial charge in [-0.05, 0) is 19.4 Å². The Labute approximate surface area is 121 Å². The number of nitriles is 1. The molecule has 1 atom stereocenters. The fourth-order valence-corrected chi connectivity index (χ4v) is 2.73. The van der Waals surface area contributed by atoms with Crippen molar-refractivity contribution in [3.63, 3.8) is 0 Å². The maximum Gasteiger partial charge on any atom is 0.123 e. The van der Waals surface area contributed by atoms with E-state index in [2.05, 4.69) is 15.9 Å². The summed E-state index contributed by atoms with van der Waals surface area (Å²) in [7, 11) is 0. The van der Waals surface area contributed by atoms with Crippen LogP contribution in [0.25, 0.3) is 0 Å². The highest BCUT2D eigenvalue weighted by Crippen LogP contribution is 2.21. The van der Waals surface area contributed by atoms with Crippen LogP contribution < -0.4 is 0 Å². The minimum absolute atomic E-state index is 0.166. The molecule has 1 aliphatic rings. The second-order valence-corrected chi connectivity index (χ2v) is 6.07. The Morgan fingerprint density at radius 1 is 1.20 bits per heavy atom. The SMILES string of the molecule is CC(C)(O)CN1CCN(C(C#N)c2ccccc2)CC1. The second-order valence-electron chi connectivity index (χ2n) is 6.07. The zero-order valence-corrected chi connectivity index (χ0v) is 12.3. The van der Waals surface area contributed by atoms with Crippen LogP contribution in [0.1, 0.15) is 25.5 Å². The summed E-state index contributed by atoms with van der Waals surface area (Å²) in [5.41, 5.74) is 0.405. The van der Waals surface area contributed by atoms with Gasteiger partial charge in [-0.2, -0.15) is 5.26 Å². The van der Waals surface area contributed by atoms with Crippen LogP contribution in [0.5, 0.6) is 0 Å². The molecule has 0 radical (unpaired) electrons. The minimum atomic E-state index is -0.657. The molecular weight excluding hydrogens is 250 g/mol. The first kappa shape index (κ1) is 15.0. The van der Waals surface area contributed by atoms with Gasteiger partial charge in [-0.15, -0.1) is 0 Å². The number of β-amino-alcohol motifs (C(OH)–C–C–N with tert-alkyl or cyclic N) is 1. The number of hydrogen-bond acceptors (Lipinski definition) is 4. The van der Waals surface area contributed by atoms with Gasteiger partial charge < -0.3 is 5.11 Å². The summed E-state index contributed by atoms with van der Waals surface area (Å²) >= 11 is 0. The van der Waals surface area contributed by atoms with E-state index in [4.69, 9.17) is 0 Å². The number of nitrogens with zero attached hydrogens (tertiary/aromatic N) is 3. The van der Waals surface area contributed by atoms with Gasteiger partial charge >= 0.3 is 0 Å². The van der Waals surface area contributed by atoms with E-state index >= 15 is 0 Å². The first-order valence-corrected chi connectivity index (χ1v) is 7.13. The van der Waals surface area contributed by atoms with Crippen LogP contribution >= 0.6 is 0 Å². The molecule has 1 saturated heterocycles. The minimum Gasteiger partial charge on any atom is -0.389 e. The van der Waals surface area contributed by atoms with Gasteiger partial charge in [0.25, 0.3) is 0 Å². The van der Waals surface area contributed by atoms with Crippen LogP contribution in [0.2, 0.25) is 0 Å². The zero-order chi connectivity index (χ0) is 14.6. The van der Waals surface area contributed by atoms with Gasteiger partial charge in [0.15, 0.2) is 0 Å². The Balaban J connectivity index is 1.94. The summed E-state index contributed by atoms with van der Waals surface area (Å²) in [4.78, 5) is 4.48. The fourth-order valence-electron chi connectivity index (χ4n) is 2.73. The normalized spacial score (nSPS) is 19.5. The van der Waals surface area contributed by atoms with Crippen LogP contribution in [0.15, 0.2) is 30.3 Å². The quantitative estimate of drug-likeness (QED) is 0.906. The van der Waals surface area contributed by atoms with E-state index < -0.39 is 5.60 Å². The van der Waals surface area contributed by atoms with Gasteiger partial charge in [-0.3, -0.25) is 9.80 Å². The van der Waals surface area contributed by atoms with Gasteiger partial charge in [0.1, 0.15) is 6.04 Å². The molecule has 0 bridgehead atoms. The summed E-state index contributed by atoms with van der Waals surface area (Å²) in [6, 6.07) is 12.2. The molecule has 108 valence electrons. The van der Waals surface area contributed by atoms with E-state index in [1.807, 2.05) is 44.2 Å². The van der Waals surface area contributed by atoms with Gasteiger partial charge in [0.2, 0.25) is 0 Å². The summed E-state index contributed by atoms with van der Waals surface area (Å²) in [6.45, 7) is 7.88. The molecule has 2 rings (SSSR count). The predicted octanol–water partition coefficient (Wildman–Crippen LogP) is 1.64. The molecular formula is C16H23N3O. The monoisotopic (exact) mass is 273 g/mol. The van der Waals surface area contributed by atoms with Crippen LogP contribution in [0.3, 0.4) is 0 Å². The highest BCUT2D eigenvalue weighted by Gasteiger charge is 2.27. The van der Waals surface area contributed by atoms with E-state index in [0.717, 1.165) is 31.7 Å². The third-order valence-corrected chi connectivity index (χ3v) is 3.62. The average Bonchev–Trinajstić information content (AvgIpc) is 2.41. The van der Waals surface area contributed by atoms with Crippen molar-refractivity contribution in [1.82, 2.24) is 9.80 Å². The molecule has 0 amide bonds. The molecule has 1 heterocycles. The lowest BCUT2D eigenvalue weighted by molar-refractivity contribution is 0.0143. The maximum atomic E-state index is 9.86. The molecule has 4 nitrogen and oxygen atoms in total. The molecule has 0 aliphatic carbocycles. The van der Waals surface area contributed by atoms with Gasteiger partial charge in [0.05, 0.1) is 11.7 Å². The van der Waals surface area contributed by atoms with Gasteiger partial charge in [-0.25, -0.2) is 0 Å². The van der Waals surface area contributed by atoms with Crippen molar-refractivity contribution in [2.24, 2.45) is 0 Å². The van der Waals surface area contributed by atoms with Crippen LogP contribution in [-0.2, 0) is 0 Å². The van der Waals surface area contributed by atoms with Crippen molar-refractivity contribution < 1.29 is 5.11 Å². The Morgan fingerprint density at radius 3 is 2.30 bits per heavy atom. The molecule has 0 aromatic heterocycles. The molecule has 1 N–H and O–H groups in total. The highest BCUT2D eigenvalue weighted by atomic mass is 16.3. The Hall–Kier alpha value is -1.41. The van der Waals surface area contributed by atoms with Crippen LogP contribution in [-0.4, -0.2) is 53.2 Å². The van der Waals surface area contributed by atoms with Crippen molar-refractivity contribution >= 4 is 0 Å². The summed E-state index contributed by atoms with van der Waals surface area (Å²) in [5.74, 6) is 0.